The Bertz CT molecular complexity index is 506. The molecule has 5 heteroatoms. The first-order chi connectivity index (χ1) is 9.66. The van der Waals surface area contributed by atoms with Crippen LogP contribution in [0.1, 0.15) is 29.8 Å². The first kappa shape index (κ1) is 13.4. The van der Waals surface area contributed by atoms with Gasteiger partial charge in [0.25, 0.3) is 0 Å². The van der Waals surface area contributed by atoms with E-state index in [2.05, 4.69) is 21.8 Å². The van der Waals surface area contributed by atoms with E-state index in [0.29, 0.717) is 12.0 Å². The fraction of sp³-hybridized carbons (Fsp3) is 0.600. The van der Waals surface area contributed by atoms with Gasteiger partial charge in [-0.05, 0) is 50.9 Å². The second-order valence-corrected chi connectivity index (χ2v) is 5.86. The Hall–Kier alpha value is -1.62. The number of rotatable bonds is 2. The van der Waals surface area contributed by atoms with Crippen molar-refractivity contribution in [1.82, 2.24) is 9.88 Å². The molecule has 1 N–H and O–H groups in total. The maximum absolute atomic E-state index is 11.3. The first-order valence-electron chi connectivity index (χ1n) is 7.30. The first-order valence-corrected chi connectivity index (χ1v) is 7.30. The number of fused-ring (bicyclic) bond motifs is 1. The molecular weight excluding hydrogens is 254 g/mol. The average Bonchev–Trinajstić information content (AvgIpc) is 2.47. The summed E-state index contributed by atoms with van der Waals surface area (Å²) in [6, 6.07) is 4.36. The van der Waals surface area contributed by atoms with Gasteiger partial charge in [-0.15, -0.1) is 0 Å². The van der Waals surface area contributed by atoms with Crippen LogP contribution in [0.2, 0.25) is 0 Å². The van der Waals surface area contributed by atoms with Crippen LogP contribution < -0.4 is 4.90 Å². The summed E-state index contributed by atoms with van der Waals surface area (Å²) in [6.07, 6.45) is 5.14. The van der Waals surface area contributed by atoms with E-state index in [1.54, 1.807) is 6.20 Å². The Labute approximate surface area is 119 Å². The molecule has 0 aliphatic carbocycles. The molecule has 2 aliphatic rings. The molecular formula is C15H21N3O2. The monoisotopic (exact) mass is 275 g/mol. The number of likely N-dealkylation sites (tertiary alicyclic amines) is 1. The van der Waals surface area contributed by atoms with Crippen LogP contribution in [0.25, 0.3) is 0 Å². The average molecular weight is 275 g/mol. The van der Waals surface area contributed by atoms with E-state index in [1.165, 1.54) is 19.4 Å². The number of piperidine rings is 2. The molecule has 20 heavy (non-hydrogen) atoms. The van der Waals surface area contributed by atoms with Crippen LogP contribution in [0.4, 0.5) is 5.69 Å². The Kier molecular flexibility index (Phi) is 3.61. The van der Waals surface area contributed by atoms with Crippen molar-refractivity contribution in [3.05, 3.63) is 24.0 Å². The quantitative estimate of drug-likeness (QED) is 0.890. The van der Waals surface area contributed by atoms with Crippen molar-refractivity contribution in [2.24, 2.45) is 5.92 Å². The van der Waals surface area contributed by atoms with Crippen molar-refractivity contribution >= 4 is 11.7 Å². The third kappa shape index (κ3) is 2.38. The summed E-state index contributed by atoms with van der Waals surface area (Å²) in [5.41, 5.74) is 0.946. The van der Waals surface area contributed by atoms with Crippen LogP contribution in [0.15, 0.2) is 18.3 Å². The maximum atomic E-state index is 11.3. The molecule has 0 aromatic carbocycles. The molecule has 3 rings (SSSR count). The minimum absolute atomic E-state index is 0.176. The highest BCUT2D eigenvalue weighted by molar-refractivity contribution is 5.92. The number of carboxylic acid groups (broad SMARTS) is 1. The molecule has 2 atom stereocenters. The molecule has 2 aliphatic heterocycles. The van der Waals surface area contributed by atoms with Crippen molar-refractivity contribution in [3.8, 4) is 0 Å². The van der Waals surface area contributed by atoms with E-state index in [1.807, 2.05) is 12.1 Å². The van der Waals surface area contributed by atoms with Gasteiger partial charge in [0.05, 0.1) is 5.69 Å². The van der Waals surface area contributed by atoms with Crippen molar-refractivity contribution in [2.75, 3.05) is 31.6 Å². The summed E-state index contributed by atoms with van der Waals surface area (Å²) in [7, 11) is 2.21. The predicted octanol–water partition coefficient (Wildman–Crippen LogP) is 1.70. The summed E-state index contributed by atoms with van der Waals surface area (Å²) >= 11 is 0. The Morgan fingerprint density at radius 3 is 3.05 bits per heavy atom. The Balaban J connectivity index is 1.81. The highest BCUT2D eigenvalue weighted by Gasteiger charge is 2.35. The van der Waals surface area contributed by atoms with Crippen LogP contribution in [0, 0.1) is 5.92 Å². The molecule has 1 aromatic rings. The molecule has 2 unspecified atom stereocenters. The lowest BCUT2D eigenvalue weighted by molar-refractivity contribution is 0.0690. The Morgan fingerprint density at radius 2 is 2.25 bits per heavy atom. The lowest BCUT2D eigenvalue weighted by atomic mass is 9.84. The SMILES string of the molecule is CN1CCCC2CN(c3cccnc3C(=O)O)CCC21. The van der Waals surface area contributed by atoms with Gasteiger partial charge in [-0.2, -0.15) is 0 Å². The fourth-order valence-electron chi connectivity index (χ4n) is 3.69. The van der Waals surface area contributed by atoms with E-state index < -0.39 is 5.97 Å². The summed E-state index contributed by atoms with van der Waals surface area (Å²) in [5.74, 6) is -0.298. The number of anilines is 1. The number of aromatic carboxylic acids is 1. The van der Waals surface area contributed by atoms with E-state index in [0.717, 1.165) is 25.2 Å². The van der Waals surface area contributed by atoms with Gasteiger partial charge in [-0.25, -0.2) is 9.78 Å². The van der Waals surface area contributed by atoms with Gasteiger partial charge < -0.3 is 14.9 Å². The molecule has 5 nitrogen and oxygen atoms in total. The summed E-state index contributed by atoms with van der Waals surface area (Å²) in [5, 5.41) is 9.27. The molecule has 108 valence electrons. The number of nitrogens with zero attached hydrogens (tertiary/aromatic N) is 3. The second kappa shape index (κ2) is 5.40. The van der Waals surface area contributed by atoms with Gasteiger partial charge in [0.2, 0.25) is 0 Å². The minimum atomic E-state index is -0.941. The fourth-order valence-corrected chi connectivity index (χ4v) is 3.69. The van der Waals surface area contributed by atoms with Gasteiger partial charge in [-0.1, -0.05) is 0 Å². The van der Waals surface area contributed by atoms with Crippen LogP contribution in [0.3, 0.4) is 0 Å². The van der Waals surface area contributed by atoms with Gasteiger partial charge in [0.1, 0.15) is 0 Å². The molecule has 2 saturated heterocycles. The zero-order valence-electron chi connectivity index (χ0n) is 11.8. The summed E-state index contributed by atoms with van der Waals surface area (Å²) in [4.78, 5) is 20.0. The molecule has 1 aromatic heterocycles. The molecule has 0 radical (unpaired) electrons. The minimum Gasteiger partial charge on any atom is -0.476 e. The Morgan fingerprint density at radius 1 is 1.40 bits per heavy atom. The predicted molar refractivity (Wildman–Crippen MR) is 77.2 cm³/mol. The zero-order chi connectivity index (χ0) is 14.1. The van der Waals surface area contributed by atoms with Crippen molar-refractivity contribution in [2.45, 2.75) is 25.3 Å². The molecule has 0 saturated carbocycles. The van der Waals surface area contributed by atoms with E-state index >= 15 is 0 Å². The van der Waals surface area contributed by atoms with Crippen LogP contribution in [-0.2, 0) is 0 Å². The lowest BCUT2D eigenvalue weighted by Crippen LogP contribution is -2.53. The van der Waals surface area contributed by atoms with Crippen molar-refractivity contribution in [1.29, 1.82) is 0 Å². The summed E-state index contributed by atoms with van der Waals surface area (Å²) < 4.78 is 0. The molecule has 0 bridgehead atoms. The summed E-state index contributed by atoms with van der Waals surface area (Å²) in [6.45, 7) is 3.05. The van der Waals surface area contributed by atoms with Crippen molar-refractivity contribution < 1.29 is 9.90 Å². The van der Waals surface area contributed by atoms with Crippen molar-refractivity contribution in [3.63, 3.8) is 0 Å². The number of pyridine rings is 1. The smallest absolute Gasteiger partial charge is 0.356 e. The third-order valence-corrected chi connectivity index (χ3v) is 4.68. The third-order valence-electron chi connectivity index (χ3n) is 4.68. The maximum Gasteiger partial charge on any atom is 0.356 e. The topological polar surface area (TPSA) is 56.7 Å². The van der Waals surface area contributed by atoms with Gasteiger partial charge in [0, 0.05) is 25.3 Å². The number of carbonyl (C=O) groups is 1. The zero-order valence-corrected chi connectivity index (χ0v) is 11.8. The normalized spacial score (nSPS) is 27.1. The molecule has 0 spiro atoms. The molecule has 3 heterocycles. The highest BCUT2D eigenvalue weighted by Crippen LogP contribution is 2.32. The van der Waals surface area contributed by atoms with E-state index in [4.69, 9.17) is 0 Å². The molecule has 0 amide bonds. The van der Waals surface area contributed by atoms with Gasteiger partial charge >= 0.3 is 5.97 Å². The highest BCUT2D eigenvalue weighted by atomic mass is 16.4. The van der Waals surface area contributed by atoms with Crippen LogP contribution in [0.5, 0.6) is 0 Å². The van der Waals surface area contributed by atoms with Crippen LogP contribution >= 0.6 is 0 Å². The number of hydrogen-bond donors (Lipinski definition) is 1. The number of hydrogen-bond acceptors (Lipinski definition) is 4. The lowest BCUT2D eigenvalue weighted by Gasteiger charge is -2.46. The van der Waals surface area contributed by atoms with E-state index in [-0.39, 0.29) is 5.69 Å². The largest absolute Gasteiger partial charge is 0.476 e. The molecule has 2 fully saturated rings. The van der Waals surface area contributed by atoms with Gasteiger partial charge in [0.15, 0.2) is 5.69 Å². The standard InChI is InChI=1S/C15H21N3O2/c1-17-8-3-4-11-10-18(9-6-12(11)17)13-5-2-7-16-14(13)15(19)20/h2,5,7,11-12H,3-4,6,8-10H2,1H3,(H,19,20). The van der Waals surface area contributed by atoms with Gasteiger partial charge in [-0.3, -0.25) is 0 Å². The van der Waals surface area contributed by atoms with Crippen LogP contribution in [-0.4, -0.2) is 53.7 Å². The second-order valence-electron chi connectivity index (χ2n) is 5.86. The number of aromatic nitrogens is 1. The van der Waals surface area contributed by atoms with E-state index in [9.17, 15) is 9.90 Å². The number of carboxylic acids is 1.